The Labute approximate surface area is 109 Å². The largest absolute Gasteiger partial charge is 0.368 e. The Morgan fingerprint density at radius 2 is 2.00 bits per heavy atom. The van der Waals surface area contributed by atoms with Crippen molar-refractivity contribution < 1.29 is 4.79 Å². The Hall–Kier alpha value is -2.08. The molecule has 5 nitrogen and oxygen atoms in total. The van der Waals surface area contributed by atoms with Crippen LogP contribution in [0.1, 0.15) is 6.92 Å². The summed E-state index contributed by atoms with van der Waals surface area (Å²) < 4.78 is 0. The topological polar surface area (TPSA) is 80.9 Å². The summed E-state index contributed by atoms with van der Waals surface area (Å²) in [4.78, 5) is 19.8. The van der Waals surface area contributed by atoms with E-state index in [9.17, 15) is 4.79 Å². The third-order valence-corrected chi connectivity index (χ3v) is 2.99. The Morgan fingerprint density at radius 1 is 1.28 bits per heavy atom. The molecule has 1 amide bonds. The van der Waals surface area contributed by atoms with Crippen molar-refractivity contribution in [1.82, 2.24) is 9.97 Å². The van der Waals surface area contributed by atoms with E-state index in [4.69, 9.17) is 5.73 Å². The minimum atomic E-state index is -0.0843. The van der Waals surface area contributed by atoms with Gasteiger partial charge in [0.15, 0.2) is 0 Å². The molecule has 0 fully saturated rings. The standard InChI is InChI=1S/C12H12N4OS/c1-8(17)15-9-2-4-10(5-3-9)18-11-6-7-14-12(13)16-11/h2-7H,1H3,(H,15,17)(H2,13,14,16). The molecular formula is C12H12N4OS. The third kappa shape index (κ3) is 3.46. The van der Waals surface area contributed by atoms with Crippen LogP contribution in [0, 0.1) is 0 Å². The van der Waals surface area contributed by atoms with E-state index in [1.165, 1.54) is 18.7 Å². The van der Waals surface area contributed by atoms with Crippen molar-refractivity contribution in [2.75, 3.05) is 11.1 Å². The number of benzene rings is 1. The predicted molar refractivity (Wildman–Crippen MR) is 71.3 cm³/mol. The summed E-state index contributed by atoms with van der Waals surface area (Å²) in [5.74, 6) is 0.175. The highest BCUT2D eigenvalue weighted by molar-refractivity contribution is 7.99. The number of anilines is 2. The monoisotopic (exact) mass is 260 g/mol. The van der Waals surface area contributed by atoms with Crippen LogP contribution < -0.4 is 11.1 Å². The normalized spacial score (nSPS) is 10.1. The summed E-state index contributed by atoms with van der Waals surface area (Å²) >= 11 is 1.49. The number of hydrogen-bond acceptors (Lipinski definition) is 5. The lowest BCUT2D eigenvalue weighted by molar-refractivity contribution is -0.114. The molecule has 2 rings (SSSR count). The lowest BCUT2D eigenvalue weighted by atomic mass is 10.3. The fraction of sp³-hybridized carbons (Fsp3) is 0.0833. The highest BCUT2D eigenvalue weighted by atomic mass is 32.2. The van der Waals surface area contributed by atoms with Crippen molar-refractivity contribution >= 4 is 29.3 Å². The molecule has 6 heteroatoms. The van der Waals surface area contributed by atoms with Crippen molar-refractivity contribution in [3.8, 4) is 0 Å². The van der Waals surface area contributed by atoms with Crippen LogP contribution in [-0.4, -0.2) is 15.9 Å². The number of nitrogens with two attached hydrogens (primary N) is 1. The fourth-order valence-electron chi connectivity index (χ4n) is 1.34. The number of carbonyl (C=O) groups excluding carboxylic acids is 1. The quantitative estimate of drug-likeness (QED) is 0.827. The molecule has 18 heavy (non-hydrogen) atoms. The second-order valence-corrected chi connectivity index (χ2v) is 4.65. The number of nitrogen functional groups attached to an aromatic ring is 1. The van der Waals surface area contributed by atoms with Crippen LogP contribution >= 0.6 is 11.8 Å². The zero-order chi connectivity index (χ0) is 13.0. The number of hydrogen-bond donors (Lipinski definition) is 2. The van der Waals surface area contributed by atoms with Crippen molar-refractivity contribution in [2.45, 2.75) is 16.8 Å². The summed E-state index contributed by atoms with van der Waals surface area (Å²) in [6.45, 7) is 1.48. The van der Waals surface area contributed by atoms with Crippen molar-refractivity contribution in [3.05, 3.63) is 36.5 Å². The smallest absolute Gasteiger partial charge is 0.221 e. The van der Waals surface area contributed by atoms with Crippen molar-refractivity contribution in [1.29, 1.82) is 0 Å². The predicted octanol–water partition coefficient (Wildman–Crippen LogP) is 2.17. The lowest BCUT2D eigenvalue weighted by Crippen LogP contribution is -2.05. The maximum atomic E-state index is 10.9. The molecule has 0 unspecified atom stereocenters. The number of rotatable bonds is 3. The number of aromatic nitrogens is 2. The molecule has 92 valence electrons. The van der Waals surface area contributed by atoms with Gasteiger partial charge in [0.2, 0.25) is 11.9 Å². The van der Waals surface area contributed by atoms with Gasteiger partial charge in [-0.15, -0.1) is 0 Å². The fourth-order valence-corrected chi connectivity index (χ4v) is 2.13. The average Bonchev–Trinajstić information content (AvgIpc) is 2.31. The van der Waals surface area contributed by atoms with E-state index in [-0.39, 0.29) is 11.9 Å². The SMILES string of the molecule is CC(=O)Nc1ccc(Sc2ccnc(N)n2)cc1. The molecular weight excluding hydrogens is 248 g/mol. The summed E-state index contributed by atoms with van der Waals surface area (Å²) in [6.07, 6.45) is 1.62. The van der Waals surface area contributed by atoms with Crippen LogP contribution in [0.15, 0.2) is 46.5 Å². The minimum Gasteiger partial charge on any atom is -0.368 e. The highest BCUT2D eigenvalue weighted by Gasteiger charge is 2.01. The zero-order valence-corrected chi connectivity index (χ0v) is 10.6. The Morgan fingerprint density at radius 3 is 2.61 bits per heavy atom. The first-order valence-corrected chi connectivity index (χ1v) is 6.09. The Kier molecular flexibility index (Phi) is 3.78. The van der Waals surface area contributed by atoms with Crippen LogP contribution in [-0.2, 0) is 4.79 Å². The summed E-state index contributed by atoms with van der Waals surface area (Å²) in [5.41, 5.74) is 6.28. The van der Waals surface area contributed by atoms with Gasteiger partial charge in [-0.2, -0.15) is 0 Å². The first kappa shape index (κ1) is 12.4. The van der Waals surface area contributed by atoms with Crippen molar-refractivity contribution in [3.63, 3.8) is 0 Å². The van der Waals surface area contributed by atoms with Gasteiger partial charge in [-0.05, 0) is 30.3 Å². The maximum Gasteiger partial charge on any atom is 0.221 e. The van der Waals surface area contributed by atoms with Crippen LogP contribution in [0.3, 0.4) is 0 Å². The third-order valence-electron chi connectivity index (χ3n) is 2.05. The molecule has 1 aromatic heterocycles. The molecule has 0 bridgehead atoms. The molecule has 1 heterocycles. The zero-order valence-electron chi connectivity index (χ0n) is 9.75. The molecule has 2 aromatic rings. The molecule has 0 aliphatic carbocycles. The van der Waals surface area contributed by atoms with E-state index in [0.29, 0.717) is 0 Å². The van der Waals surface area contributed by atoms with E-state index in [0.717, 1.165) is 15.6 Å². The number of amides is 1. The first-order valence-electron chi connectivity index (χ1n) is 5.27. The molecule has 0 aliphatic rings. The van der Waals surface area contributed by atoms with E-state index in [2.05, 4.69) is 15.3 Å². The van der Waals surface area contributed by atoms with Crippen LogP contribution in [0.25, 0.3) is 0 Å². The number of nitrogens with one attached hydrogen (secondary N) is 1. The van der Waals surface area contributed by atoms with Gasteiger partial charge in [0.25, 0.3) is 0 Å². The summed E-state index contributed by atoms with van der Waals surface area (Å²) in [7, 11) is 0. The highest BCUT2D eigenvalue weighted by Crippen LogP contribution is 2.26. The average molecular weight is 260 g/mol. The van der Waals surface area contributed by atoms with Gasteiger partial charge in [0, 0.05) is 23.7 Å². The molecule has 0 aliphatic heterocycles. The van der Waals surface area contributed by atoms with E-state index < -0.39 is 0 Å². The second kappa shape index (κ2) is 5.50. The summed E-state index contributed by atoms with van der Waals surface area (Å²) in [5, 5.41) is 3.50. The maximum absolute atomic E-state index is 10.9. The van der Waals surface area contributed by atoms with E-state index in [1.807, 2.05) is 24.3 Å². The van der Waals surface area contributed by atoms with E-state index in [1.54, 1.807) is 12.3 Å². The second-order valence-electron chi connectivity index (χ2n) is 3.56. The van der Waals surface area contributed by atoms with Gasteiger partial charge in [-0.3, -0.25) is 4.79 Å². The van der Waals surface area contributed by atoms with Gasteiger partial charge >= 0.3 is 0 Å². The van der Waals surface area contributed by atoms with Crippen LogP contribution in [0.2, 0.25) is 0 Å². The molecule has 1 aromatic carbocycles. The van der Waals surface area contributed by atoms with Gasteiger partial charge in [0.1, 0.15) is 5.03 Å². The molecule has 0 radical (unpaired) electrons. The van der Waals surface area contributed by atoms with Gasteiger partial charge in [-0.1, -0.05) is 11.8 Å². The summed E-state index contributed by atoms with van der Waals surface area (Å²) in [6, 6.07) is 9.30. The van der Waals surface area contributed by atoms with Gasteiger partial charge < -0.3 is 11.1 Å². The Bertz CT molecular complexity index is 556. The first-order chi connectivity index (χ1) is 8.63. The Balaban J connectivity index is 2.08. The molecule has 3 N–H and O–H groups in total. The minimum absolute atomic E-state index is 0.0843. The van der Waals surface area contributed by atoms with Crippen molar-refractivity contribution in [2.24, 2.45) is 0 Å². The molecule has 0 atom stereocenters. The number of carbonyl (C=O) groups is 1. The molecule has 0 saturated heterocycles. The molecule has 0 saturated carbocycles. The number of nitrogens with zero attached hydrogens (tertiary/aromatic N) is 2. The van der Waals surface area contributed by atoms with Crippen LogP contribution in [0.5, 0.6) is 0 Å². The molecule has 0 spiro atoms. The van der Waals surface area contributed by atoms with Crippen LogP contribution in [0.4, 0.5) is 11.6 Å². The van der Waals surface area contributed by atoms with Gasteiger partial charge in [0.05, 0.1) is 0 Å². The van der Waals surface area contributed by atoms with E-state index >= 15 is 0 Å². The van der Waals surface area contributed by atoms with Gasteiger partial charge in [-0.25, -0.2) is 9.97 Å². The lowest BCUT2D eigenvalue weighted by Gasteiger charge is -2.04.